The molecule has 246 valence electrons. The lowest BCUT2D eigenvalue weighted by atomic mass is 10.0. The Balaban J connectivity index is 1.57. The summed E-state index contributed by atoms with van der Waals surface area (Å²) in [7, 11) is -2.69. The van der Waals surface area contributed by atoms with Crippen LogP contribution in [0.3, 0.4) is 0 Å². The monoisotopic (exact) mass is 693 g/mol. The molecule has 1 unspecified atom stereocenters. The molecular formula is C36H37Cl2N3O5S. The number of methoxy groups -OCH3 is 1. The van der Waals surface area contributed by atoms with Gasteiger partial charge in [0.25, 0.3) is 10.0 Å². The first-order chi connectivity index (χ1) is 22.7. The summed E-state index contributed by atoms with van der Waals surface area (Å²) in [6.45, 7) is -0.569. The van der Waals surface area contributed by atoms with Crippen LogP contribution in [-0.4, -0.2) is 50.9 Å². The third kappa shape index (κ3) is 8.66. The molecule has 0 aliphatic heterocycles. The van der Waals surface area contributed by atoms with Gasteiger partial charge in [-0.2, -0.15) is 0 Å². The second kappa shape index (κ2) is 15.7. The van der Waals surface area contributed by atoms with Crippen molar-refractivity contribution in [2.45, 2.75) is 55.6 Å². The Morgan fingerprint density at radius 1 is 0.851 bits per heavy atom. The normalized spacial score (nSPS) is 13.9. The average molecular weight is 695 g/mol. The highest BCUT2D eigenvalue weighted by Gasteiger charge is 2.35. The second-order valence-corrected chi connectivity index (χ2v) is 14.2. The minimum absolute atomic E-state index is 0.00680. The van der Waals surface area contributed by atoms with E-state index in [1.807, 2.05) is 30.3 Å². The summed E-state index contributed by atoms with van der Waals surface area (Å²) in [6.07, 6.45) is 4.00. The van der Waals surface area contributed by atoms with Crippen molar-refractivity contribution in [2.24, 2.45) is 0 Å². The van der Waals surface area contributed by atoms with E-state index in [-0.39, 0.29) is 35.5 Å². The number of rotatable bonds is 13. The van der Waals surface area contributed by atoms with Crippen molar-refractivity contribution >= 4 is 50.7 Å². The topological polar surface area (TPSA) is 96.0 Å². The van der Waals surface area contributed by atoms with E-state index in [9.17, 15) is 18.0 Å². The summed E-state index contributed by atoms with van der Waals surface area (Å²) in [4.78, 5) is 30.2. The molecule has 1 aliphatic rings. The summed E-state index contributed by atoms with van der Waals surface area (Å²) in [5.41, 5.74) is 1.77. The molecule has 1 saturated carbocycles. The smallest absolute Gasteiger partial charge is 0.264 e. The SMILES string of the molecule is COc1ccc(N(CC(=O)N(Cc2ccc(Cl)c(Cl)c2)C(Cc2ccccc2)C(=O)NC2CCCC2)S(=O)(=O)c2ccccc2)cc1. The Hall–Kier alpha value is -4.05. The zero-order valence-corrected chi connectivity index (χ0v) is 28.3. The van der Waals surface area contributed by atoms with Crippen molar-refractivity contribution < 1.29 is 22.7 Å². The van der Waals surface area contributed by atoms with Gasteiger partial charge < -0.3 is 15.0 Å². The predicted molar refractivity (Wildman–Crippen MR) is 185 cm³/mol. The molecule has 1 aliphatic carbocycles. The number of anilines is 1. The lowest BCUT2D eigenvalue weighted by molar-refractivity contribution is -0.140. The summed E-state index contributed by atoms with van der Waals surface area (Å²) < 4.78 is 34.6. The van der Waals surface area contributed by atoms with Gasteiger partial charge >= 0.3 is 0 Å². The van der Waals surface area contributed by atoms with Crippen LogP contribution in [0.5, 0.6) is 5.75 Å². The first kappa shape index (κ1) is 34.3. The van der Waals surface area contributed by atoms with Crippen LogP contribution in [0.15, 0.2) is 108 Å². The van der Waals surface area contributed by atoms with Crippen molar-refractivity contribution in [3.05, 3.63) is 124 Å². The standard InChI is InChI=1S/C36H37Cl2N3O5S/c1-46-30-19-17-29(18-20-30)41(47(44,45)31-14-6-3-7-15-31)25-35(42)40(24-27-16-21-32(37)33(38)22-27)34(23-26-10-4-2-5-11-26)36(43)39-28-12-8-9-13-28/h2-7,10-11,14-22,28,34H,8-9,12-13,23-25H2,1H3,(H,39,43). The summed E-state index contributed by atoms with van der Waals surface area (Å²) >= 11 is 12.6. The number of nitrogens with zero attached hydrogens (tertiary/aromatic N) is 2. The van der Waals surface area contributed by atoms with E-state index in [1.54, 1.807) is 60.7 Å². The third-order valence-corrected chi connectivity index (χ3v) is 10.8. The molecule has 8 nitrogen and oxygen atoms in total. The van der Waals surface area contributed by atoms with Gasteiger partial charge in [-0.25, -0.2) is 8.42 Å². The molecule has 0 saturated heterocycles. The van der Waals surface area contributed by atoms with Crippen molar-refractivity contribution in [2.75, 3.05) is 18.0 Å². The molecular weight excluding hydrogens is 657 g/mol. The lowest BCUT2D eigenvalue weighted by Gasteiger charge is -2.34. The first-order valence-corrected chi connectivity index (χ1v) is 17.6. The Bertz CT molecular complexity index is 1770. The maximum absolute atomic E-state index is 14.6. The Labute approximate surface area is 286 Å². The minimum Gasteiger partial charge on any atom is -0.497 e. The molecule has 1 atom stereocenters. The van der Waals surface area contributed by atoms with Gasteiger partial charge in [0.2, 0.25) is 11.8 Å². The van der Waals surface area contributed by atoms with Crippen molar-refractivity contribution in [3.63, 3.8) is 0 Å². The maximum Gasteiger partial charge on any atom is 0.264 e. The number of amides is 2. The highest BCUT2D eigenvalue weighted by atomic mass is 35.5. The van der Waals surface area contributed by atoms with Gasteiger partial charge in [0, 0.05) is 19.0 Å². The van der Waals surface area contributed by atoms with E-state index in [2.05, 4.69) is 5.32 Å². The lowest BCUT2D eigenvalue weighted by Crippen LogP contribution is -2.54. The fraction of sp³-hybridized carbons (Fsp3) is 0.278. The fourth-order valence-corrected chi connectivity index (χ4v) is 7.51. The zero-order chi connectivity index (χ0) is 33.4. The van der Waals surface area contributed by atoms with E-state index in [1.165, 1.54) is 24.1 Å². The van der Waals surface area contributed by atoms with Crippen LogP contribution < -0.4 is 14.4 Å². The molecule has 0 aromatic heterocycles. The van der Waals surface area contributed by atoms with Crippen molar-refractivity contribution in [3.8, 4) is 5.75 Å². The molecule has 1 fully saturated rings. The Morgan fingerprint density at radius 3 is 2.11 bits per heavy atom. The highest BCUT2D eigenvalue weighted by molar-refractivity contribution is 7.92. The van der Waals surface area contributed by atoms with Gasteiger partial charge in [-0.05, 0) is 72.5 Å². The first-order valence-electron chi connectivity index (χ1n) is 15.5. The van der Waals surface area contributed by atoms with Crippen LogP contribution in [0.1, 0.15) is 36.8 Å². The molecule has 0 bridgehead atoms. The quantitative estimate of drug-likeness (QED) is 0.164. The molecule has 0 spiro atoms. The number of carbonyl (C=O) groups excluding carboxylic acids is 2. The zero-order valence-electron chi connectivity index (χ0n) is 26.0. The molecule has 5 rings (SSSR count). The molecule has 0 radical (unpaired) electrons. The van der Waals surface area contributed by atoms with E-state index in [4.69, 9.17) is 27.9 Å². The van der Waals surface area contributed by atoms with Gasteiger partial charge in [0.1, 0.15) is 18.3 Å². The van der Waals surface area contributed by atoms with Gasteiger partial charge in [0.15, 0.2) is 0 Å². The van der Waals surface area contributed by atoms with Crippen LogP contribution >= 0.6 is 23.2 Å². The summed E-state index contributed by atoms with van der Waals surface area (Å²) in [5.74, 6) is -0.324. The molecule has 1 N–H and O–H groups in total. The minimum atomic E-state index is -4.21. The molecule has 0 heterocycles. The second-order valence-electron chi connectivity index (χ2n) is 11.5. The Morgan fingerprint density at radius 2 is 1.49 bits per heavy atom. The van der Waals surface area contributed by atoms with E-state index >= 15 is 0 Å². The highest BCUT2D eigenvalue weighted by Crippen LogP contribution is 2.28. The van der Waals surface area contributed by atoms with E-state index in [0.717, 1.165) is 35.6 Å². The van der Waals surface area contributed by atoms with Crippen LogP contribution in [0.2, 0.25) is 10.0 Å². The van der Waals surface area contributed by atoms with Crippen LogP contribution in [0.25, 0.3) is 0 Å². The van der Waals surface area contributed by atoms with Gasteiger partial charge in [0.05, 0.1) is 27.7 Å². The molecule has 2 amide bonds. The van der Waals surface area contributed by atoms with Crippen molar-refractivity contribution in [1.29, 1.82) is 0 Å². The number of ether oxygens (including phenoxy) is 1. The average Bonchev–Trinajstić information content (AvgIpc) is 3.60. The number of benzene rings is 4. The van der Waals surface area contributed by atoms with Gasteiger partial charge in [-0.3, -0.25) is 13.9 Å². The number of hydrogen-bond acceptors (Lipinski definition) is 5. The molecule has 47 heavy (non-hydrogen) atoms. The van der Waals surface area contributed by atoms with Crippen LogP contribution in [0, 0.1) is 0 Å². The van der Waals surface area contributed by atoms with Crippen LogP contribution in [0.4, 0.5) is 5.69 Å². The molecule has 11 heteroatoms. The van der Waals surface area contributed by atoms with Gasteiger partial charge in [-0.15, -0.1) is 0 Å². The summed E-state index contributed by atoms with van der Waals surface area (Å²) in [5, 5.41) is 3.83. The number of nitrogens with one attached hydrogen (secondary N) is 1. The predicted octanol–water partition coefficient (Wildman–Crippen LogP) is 6.90. The van der Waals surface area contributed by atoms with Crippen molar-refractivity contribution in [1.82, 2.24) is 10.2 Å². The third-order valence-electron chi connectivity index (χ3n) is 8.28. The number of hydrogen-bond donors (Lipinski definition) is 1. The number of carbonyl (C=O) groups is 2. The van der Waals surface area contributed by atoms with Gasteiger partial charge in [-0.1, -0.05) is 90.6 Å². The fourth-order valence-electron chi connectivity index (χ4n) is 5.75. The Kier molecular flexibility index (Phi) is 11.4. The number of sulfonamides is 1. The van der Waals surface area contributed by atoms with Crippen LogP contribution in [-0.2, 0) is 32.6 Å². The summed E-state index contributed by atoms with van der Waals surface area (Å²) in [6, 6.07) is 27.9. The van der Waals surface area contributed by atoms with E-state index in [0.29, 0.717) is 21.4 Å². The number of halogens is 2. The molecule has 4 aromatic carbocycles. The molecule has 4 aromatic rings. The largest absolute Gasteiger partial charge is 0.497 e. The van der Waals surface area contributed by atoms with E-state index < -0.39 is 28.5 Å². The maximum atomic E-state index is 14.6.